The minimum Gasteiger partial charge on any atom is -0.345 e. The largest absolute Gasteiger partial charge is 0.345 e. The third-order valence-electron chi connectivity index (χ3n) is 6.03. The zero-order valence-electron chi connectivity index (χ0n) is 19.7. The molecule has 0 fully saturated rings. The quantitative estimate of drug-likeness (QED) is 0.303. The van der Waals surface area contributed by atoms with E-state index in [0.717, 1.165) is 24.2 Å². The summed E-state index contributed by atoms with van der Waals surface area (Å²) in [5.74, 6) is 0.383. The van der Waals surface area contributed by atoms with Gasteiger partial charge in [-0.3, -0.25) is 14.2 Å². The molecule has 2 amide bonds. The van der Waals surface area contributed by atoms with Crippen LogP contribution in [0.4, 0.5) is 5.69 Å². The molecule has 0 atom stereocenters. The van der Waals surface area contributed by atoms with Crippen LogP contribution in [-0.2, 0) is 17.8 Å². The van der Waals surface area contributed by atoms with Gasteiger partial charge in [-0.05, 0) is 54.8 Å². The van der Waals surface area contributed by atoms with E-state index in [1.165, 1.54) is 23.4 Å². The van der Waals surface area contributed by atoms with Crippen molar-refractivity contribution in [1.82, 2.24) is 20.1 Å². The highest BCUT2D eigenvalue weighted by Crippen LogP contribution is 2.29. The van der Waals surface area contributed by atoms with Crippen molar-refractivity contribution < 1.29 is 9.59 Å². The Hall–Kier alpha value is -3.33. The van der Waals surface area contributed by atoms with Gasteiger partial charge < -0.3 is 10.2 Å². The van der Waals surface area contributed by atoms with E-state index in [1.54, 1.807) is 12.1 Å². The Balaban J connectivity index is 1.34. The van der Waals surface area contributed by atoms with Gasteiger partial charge in [-0.25, -0.2) is 0 Å². The number of aryl methyl sites for hydroxylation is 1. The van der Waals surface area contributed by atoms with Gasteiger partial charge in [0.25, 0.3) is 5.91 Å². The van der Waals surface area contributed by atoms with Crippen molar-refractivity contribution in [1.29, 1.82) is 0 Å². The van der Waals surface area contributed by atoms with Crippen molar-refractivity contribution in [2.24, 2.45) is 0 Å². The molecule has 37 heavy (non-hydrogen) atoms. The summed E-state index contributed by atoms with van der Waals surface area (Å²) >= 11 is 13.5. The Morgan fingerprint density at radius 2 is 1.76 bits per heavy atom. The van der Waals surface area contributed by atoms with E-state index in [0.29, 0.717) is 27.6 Å². The fourth-order valence-corrected chi connectivity index (χ4v) is 5.49. The van der Waals surface area contributed by atoms with Gasteiger partial charge in [-0.1, -0.05) is 71.4 Å². The first-order valence-corrected chi connectivity index (χ1v) is 13.5. The molecule has 0 spiro atoms. The standard InChI is InChI=1S/C27H23Cl2N5O2S/c28-19-12-13-22(29)21(15-19)26(36)30-16-24-31-32-27(34(24)20-9-2-1-3-10-20)37-17-25(35)33-14-6-8-18-7-4-5-11-23(18)33/h1-5,7,9-13,15H,6,8,14,16-17H2,(H,30,36). The molecule has 1 N–H and O–H groups in total. The number of carbonyl (C=O) groups is 2. The number of hydrogen-bond acceptors (Lipinski definition) is 5. The molecule has 0 aliphatic carbocycles. The van der Waals surface area contributed by atoms with E-state index in [-0.39, 0.29) is 29.7 Å². The van der Waals surface area contributed by atoms with E-state index in [2.05, 4.69) is 21.6 Å². The zero-order valence-corrected chi connectivity index (χ0v) is 22.1. The third-order valence-corrected chi connectivity index (χ3v) is 7.51. The second-order valence-corrected chi connectivity index (χ2v) is 10.2. The summed E-state index contributed by atoms with van der Waals surface area (Å²) in [6.07, 6.45) is 1.92. The van der Waals surface area contributed by atoms with Crippen molar-refractivity contribution in [3.8, 4) is 5.69 Å². The van der Waals surface area contributed by atoms with Gasteiger partial charge in [0.05, 0.1) is 22.9 Å². The van der Waals surface area contributed by atoms with Gasteiger partial charge >= 0.3 is 0 Å². The number of nitrogens with zero attached hydrogens (tertiary/aromatic N) is 4. The van der Waals surface area contributed by atoms with Crippen LogP contribution >= 0.6 is 35.0 Å². The summed E-state index contributed by atoms with van der Waals surface area (Å²) in [5, 5.41) is 12.8. The molecule has 5 rings (SSSR count). The van der Waals surface area contributed by atoms with Crippen LogP contribution in [0.3, 0.4) is 0 Å². The molecule has 0 saturated carbocycles. The van der Waals surface area contributed by atoms with Gasteiger partial charge in [0.15, 0.2) is 11.0 Å². The SMILES string of the molecule is O=C(NCc1nnc(SCC(=O)N2CCCc3ccccc32)n1-c1ccccc1)c1cc(Cl)ccc1Cl. The van der Waals surface area contributed by atoms with Gasteiger partial charge in [0.1, 0.15) is 0 Å². The summed E-state index contributed by atoms with van der Waals surface area (Å²) < 4.78 is 1.85. The van der Waals surface area contributed by atoms with Crippen molar-refractivity contribution in [3.63, 3.8) is 0 Å². The first kappa shape index (κ1) is 25.3. The van der Waals surface area contributed by atoms with Crippen molar-refractivity contribution in [2.75, 3.05) is 17.2 Å². The number of hydrogen-bond donors (Lipinski definition) is 1. The van der Waals surface area contributed by atoms with Gasteiger partial charge in [0.2, 0.25) is 5.91 Å². The number of aromatic nitrogens is 3. The molecule has 2 heterocycles. The van der Waals surface area contributed by atoms with Crippen LogP contribution in [0.15, 0.2) is 78.0 Å². The minimum absolute atomic E-state index is 0.0187. The van der Waals surface area contributed by atoms with Crippen LogP contribution in [0.1, 0.15) is 28.2 Å². The summed E-state index contributed by atoms with van der Waals surface area (Å²) in [7, 11) is 0. The van der Waals surface area contributed by atoms with Gasteiger partial charge in [0, 0.05) is 22.9 Å². The molecule has 0 bridgehead atoms. The molecule has 0 saturated heterocycles. The Morgan fingerprint density at radius 3 is 2.59 bits per heavy atom. The van der Waals surface area contributed by atoms with Gasteiger partial charge in [-0.15, -0.1) is 10.2 Å². The molecule has 188 valence electrons. The maximum Gasteiger partial charge on any atom is 0.253 e. The number of carbonyl (C=O) groups excluding carboxylic acids is 2. The third kappa shape index (κ3) is 5.66. The highest BCUT2D eigenvalue weighted by atomic mass is 35.5. The molecule has 1 aliphatic rings. The number of benzene rings is 3. The predicted octanol–water partition coefficient (Wildman–Crippen LogP) is 5.58. The molecule has 1 aliphatic heterocycles. The maximum absolute atomic E-state index is 13.2. The monoisotopic (exact) mass is 551 g/mol. The molecule has 4 aromatic rings. The fraction of sp³-hybridized carbons (Fsp3) is 0.185. The summed E-state index contributed by atoms with van der Waals surface area (Å²) in [5.41, 5.74) is 3.28. The highest BCUT2D eigenvalue weighted by molar-refractivity contribution is 7.99. The molecular weight excluding hydrogens is 529 g/mol. The number of fused-ring (bicyclic) bond motifs is 1. The van der Waals surface area contributed by atoms with Crippen LogP contribution in [-0.4, -0.2) is 38.9 Å². The summed E-state index contributed by atoms with van der Waals surface area (Å²) in [4.78, 5) is 27.8. The first-order valence-electron chi connectivity index (χ1n) is 11.8. The topological polar surface area (TPSA) is 80.1 Å². The normalized spacial score (nSPS) is 12.8. The number of nitrogens with one attached hydrogen (secondary N) is 1. The van der Waals surface area contributed by atoms with Crippen molar-refractivity contribution in [2.45, 2.75) is 24.5 Å². The van der Waals surface area contributed by atoms with Crippen LogP contribution in [0.5, 0.6) is 0 Å². The zero-order chi connectivity index (χ0) is 25.8. The fourth-order valence-electron chi connectivity index (χ4n) is 4.27. The Morgan fingerprint density at radius 1 is 0.973 bits per heavy atom. The predicted molar refractivity (Wildman–Crippen MR) is 147 cm³/mol. The Kier molecular flexibility index (Phi) is 7.79. The Labute approximate surface area is 228 Å². The van der Waals surface area contributed by atoms with Crippen LogP contribution in [0.25, 0.3) is 5.69 Å². The van der Waals surface area contributed by atoms with Gasteiger partial charge in [-0.2, -0.15) is 0 Å². The summed E-state index contributed by atoms with van der Waals surface area (Å²) in [6, 6.07) is 22.4. The van der Waals surface area contributed by atoms with E-state index < -0.39 is 0 Å². The van der Waals surface area contributed by atoms with E-state index in [1.807, 2.05) is 58.0 Å². The average Bonchev–Trinajstić information content (AvgIpc) is 3.34. The molecule has 1 aromatic heterocycles. The van der Waals surface area contributed by atoms with Crippen LogP contribution in [0, 0.1) is 0 Å². The second kappa shape index (κ2) is 11.4. The smallest absolute Gasteiger partial charge is 0.253 e. The average molecular weight is 552 g/mol. The Bertz CT molecular complexity index is 1440. The van der Waals surface area contributed by atoms with Crippen molar-refractivity contribution >= 4 is 52.5 Å². The lowest BCUT2D eigenvalue weighted by atomic mass is 10.0. The number of thioether (sulfide) groups is 1. The summed E-state index contributed by atoms with van der Waals surface area (Å²) in [6.45, 7) is 0.808. The molecule has 7 nitrogen and oxygen atoms in total. The number of halogens is 2. The molecule has 0 radical (unpaired) electrons. The molecule has 3 aromatic carbocycles. The number of para-hydroxylation sites is 2. The van der Waals surface area contributed by atoms with Crippen LogP contribution < -0.4 is 10.2 Å². The van der Waals surface area contributed by atoms with Crippen LogP contribution in [0.2, 0.25) is 10.0 Å². The lowest BCUT2D eigenvalue weighted by molar-refractivity contribution is -0.116. The molecular formula is C27H23Cl2N5O2S. The molecule has 0 unspecified atom stereocenters. The minimum atomic E-state index is -0.372. The highest BCUT2D eigenvalue weighted by Gasteiger charge is 2.24. The number of amides is 2. The van der Waals surface area contributed by atoms with E-state index in [9.17, 15) is 9.59 Å². The lowest BCUT2D eigenvalue weighted by Crippen LogP contribution is -2.36. The molecule has 10 heteroatoms. The number of anilines is 1. The number of rotatable bonds is 7. The lowest BCUT2D eigenvalue weighted by Gasteiger charge is -2.29. The maximum atomic E-state index is 13.2. The van der Waals surface area contributed by atoms with E-state index in [4.69, 9.17) is 23.2 Å². The first-order chi connectivity index (χ1) is 18.0. The van der Waals surface area contributed by atoms with Crippen molar-refractivity contribution in [3.05, 3.63) is 99.8 Å². The second-order valence-electron chi connectivity index (χ2n) is 8.44. The van der Waals surface area contributed by atoms with E-state index >= 15 is 0 Å².